The van der Waals surface area contributed by atoms with Gasteiger partial charge in [0, 0.05) is 31.7 Å². The summed E-state index contributed by atoms with van der Waals surface area (Å²) in [6.45, 7) is 2.16. The van der Waals surface area contributed by atoms with Gasteiger partial charge in [0.25, 0.3) is 0 Å². The third kappa shape index (κ3) is 5.53. The summed E-state index contributed by atoms with van der Waals surface area (Å²) in [5.41, 5.74) is 0. The molecule has 1 amide bonds. The number of amides is 1. The molecule has 2 N–H and O–H groups in total. The van der Waals surface area contributed by atoms with E-state index in [1.807, 2.05) is 6.92 Å². The van der Waals surface area contributed by atoms with Gasteiger partial charge in [0.2, 0.25) is 11.8 Å². The number of hydrogen-bond acceptors (Lipinski definition) is 2. The maximum atomic E-state index is 13.0. The molecule has 1 saturated carbocycles. The van der Waals surface area contributed by atoms with E-state index in [0.29, 0.717) is 13.0 Å². The molecule has 1 unspecified atom stereocenters. The number of rotatable bonds is 6. The maximum Gasteiger partial charge on any atom is 0.303 e. The molecule has 1 aliphatic rings. The number of carbonyl (C=O) groups is 2. The molecule has 0 aromatic rings. The summed E-state index contributed by atoms with van der Waals surface area (Å²) in [7, 11) is 0. The van der Waals surface area contributed by atoms with Gasteiger partial charge >= 0.3 is 5.97 Å². The molecule has 0 aromatic carbocycles. The molecule has 0 aromatic heterocycles. The monoisotopic (exact) mass is 277 g/mol. The van der Waals surface area contributed by atoms with Gasteiger partial charge in [-0.25, -0.2) is 8.78 Å². The quantitative estimate of drug-likeness (QED) is 0.783. The van der Waals surface area contributed by atoms with Crippen molar-refractivity contribution in [2.45, 2.75) is 51.4 Å². The summed E-state index contributed by atoms with van der Waals surface area (Å²) in [6.07, 6.45) is 0.604. The fourth-order valence-electron chi connectivity index (χ4n) is 2.30. The Kier molecular flexibility index (Phi) is 5.69. The maximum absolute atomic E-state index is 13.0. The number of halogens is 2. The van der Waals surface area contributed by atoms with Crippen molar-refractivity contribution >= 4 is 11.9 Å². The van der Waals surface area contributed by atoms with Gasteiger partial charge in [-0.15, -0.1) is 0 Å². The zero-order chi connectivity index (χ0) is 14.5. The molecule has 6 heteroatoms. The summed E-state index contributed by atoms with van der Waals surface area (Å²) in [6, 6.07) is 0. The van der Waals surface area contributed by atoms with Crippen LogP contribution in [0, 0.1) is 11.8 Å². The topological polar surface area (TPSA) is 66.4 Å². The Morgan fingerprint density at radius 3 is 2.42 bits per heavy atom. The lowest BCUT2D eigenvalue weighted by Crippen LogP contribution is -2.38. The van der Waals surface area contributed by atoms with Crippen LogP contribution in [0.1, 0.15) is 45.4 Å². The first kappa shape index (κ1) is 15.9. The minimum Gasteiger partial charge on any atom is -0.481 e. The van der Waals surface area contributed by atoms with Crippen molar-refractivity contribution in [3.63, 3.8) is 0 Å². The van der Waals surface area contributed by atoms with E-state index < -0.39 is 11.9 Å². The Morgan fingerprint density at radius 1 is 1.37 bits per heavy atom. The Balaban J connectivity index is 2.33. The van der Waals surface area contributed by atoms with Crippen LogP contribution < -0.4 is 5.32 Å². The van der Waals surface area contributed by atoms with Crippen molar-refractivity contribution in [1.82, 2.24) is 5.32 Å². The molecule has 4 nitrogen and oxygen atoms in total. The van der Waals surface area contributed by atoms with Gasteiger partial charge in [-0.1, -0.05) is 13.3 Å². The number of carboxylic acids is 1. The molecule has 1 aliphatic carbocycles. The van der Waals surface area contributed by atoms with Crippen LogP contribution in [0.4, 0.5) is 8.78 Å². The highest BCUT2D eigenvalue weighted by Crippen LogP contribution is 2.36. The molecule has 1 atom stereocenters. The van der Waals surface area contributed by atoms with E-state index in [1.54, 1.807) is 0 Å². The van der Waals surface area contributed by atoms with E-state index in [-0.39, 0.29) is 49.8 Å². The van der Waals surface area contributed by atoms with Crippen LogP contribution in [0.2, 0.25) is 0 Å². The lowest BCUT2D eigenvalue weighted by atomic mass is 9.86. The molecule has 0 spiro atoms. The molecule has 0 heterocycles. The van der Waals surface area contributed by atoms with Crippen molar-refractivity contribution in [3.05, 3.63) is 0 Å². The molecule has 0 bridgehead atoms. The lowest BCUT2D eigenvalue weighted by molar-refractivity contribution is -0.138. The fraction of sp³-hybridized carbons (Fsp3) is 0.846. The number of carbonyl (C=O) groups excluding carboxylic acids is 1. The third-order valence-electron chi connectivity index (χ3n) is 3.69. The molecular formula is C13H21F2NO3. The van der Waals surface area contributed by atoms with Crippen molar-refractivity contribution in [2.75, 3.05) is 6.54 Å². The smallest absolute Gasteiger partial charge is 0.303 e. The average Bonchev–Trinajstić information content (AvgIpc) is 2.33. The second-order valence-corrected chi connectivity index (χ2v) is 5.25. The summed E-state index contributed by atoms with van der Waals surface area (Å²) in [5.74, 6) is -4.21. The first-order chi connectivity index (χ1) is 8.84. The Morgan fingerprint density at radius 2 is 1.95 bits per heavy atom. The number of nitrogens with one attached hydrogen (secondary N) is 1. The molecular weight excluding hydrogens is 256 g/mol. The average molecular weight is 277 g/mol. The Labute approximate surface area is 111 Å². The molecule has 0 aliphatic heterocycles. The van der Waals surface area contributed by atoms with Crippen LogP contribution in [-0.2, 0) is 9.59 Å². The second-order valence-electron chi connectivity index (χ2n) is 5.25. The number of aliphatic carboxylic acids is 1. The van der Waals surface area contributed by atoms with Gasteiger partial charge in [-0.05, 0) is 18.8 Å². The molecule has 0 radical (unpaired) electrons. The van der Waals surface area contributed by atoms with Crippen molar-refractivity contribution in [2.24, 2.45) is 11.8 Å². The van der Waals surface area contributed by atoms with Crippen LogP contribution in [0.3, 0.4) is 0 Å². The van der Waals surface area contributed by atoms with Gasteiger partial charge in [-0.2, -0.15) is 0 Å². The first-order valence-corrected chi connectivity index (χ1v) is 6.71. The van der Waals surface area contributed by atoms with Gasteiger partial charge in [0.1, 0.15) is 0 Å². The number of alkyl halides is 2. The molecule has 1 rings (SSSR count). The molecule has 0 saturated heterocycles. The molecule has 19 heavy (non-hydrogen) atoms. The van der Waals surface area contributed by atoms with Gasteiger partial charge in [-0.3, -0.25) is 9.59 Å². The summed E-state index contributed by atoms with van der Waals surface area (Å²) in [4.78, 5) is 22.4. The third-order valence-corrected chi connectivity index (χ3v) is 3.69. The van der Waals surface area contributed by atoms with Crippen LogP contribution in [-0.4, -0.2) is 29.5 Å². The Hall–Kier alpha value is -1.20. The second kappa shape index (κ2) is 6.82. The first-order valence-electron chi connectivity index (χ1n) is 6.71. The Bertz CT molecular complexity index is 324. The van der Waals surface area contributed by atoms with Gasteiger partial charge in [0.05, 0.1) is 0 Å². The van der Waals surface area contributed by atoms with E-state index >= 15 is 0 Å². The summed E-state index contributed by atoms with van der Waals surface area (Å²) in [5, 5.41) is 11.4. The minimum atomic E-state index is -2.63. The van der Waals surface area contributed by atoms with Gasteiger partial charge in [0.15, 0.2) is 0 Å². The SMILES string of the molecule is CCC(CNC(=O)C1CCC(F)(F)CC1)CC(=O)O. The predicted octanol–water partition coefficient (Wildman–Crippen LogP) is 2.43. The highest BCUT2D eigenvalue weighted by atomic mass is 19.3. The largest absolute Gasteiger partial charge is 0.481 e. The van der Waals surface area contributed by atoms with Crippen LogP contribution >= 0.6 is 0 Å². The predicted molar refractivity (Wildman–Crippen MR) is 65.9 cm³/mol. The summed E-state index contributed by atoms with van der Waals surface area (Å²) >= 11 is 0. The van der Waals surface area contributed by atoms with E-state index in [0.717, 1.165) is 0 Å². The summed E-state index contributed by atoms with van der Waals surface area (Å²) < 4.78 is 25.9. The molecule has 110 valence electrons. The highest BCUT2D eigenvalue weighted by molar-refractivity contribution is 5.78. The van der Waals surface area contributed by atoms with Crippen molar-refractivity contribution in [3.8, 4) is 0 Å². The van der Waals surface area contributed by atoms with E-state index in [9.17, 15) is 18.4 Å². The van der Waals surface area contributed by atoms with E-state index in [4.69, 9.17) is 5.11 Å². The van der Waals surface area contributed by atoms with Crippen molar-refractivity contribution < 1.29 is 23.5 Å². The fourth-order valence-corrected chi connectivity index (χ4v) is 2.30. The van der Waals surface area contributed by atoms with E-state index in [2.05, 4.69) is 5.32 Å². The van der Waals surface area contributed by atoms with Crippen molar-refractivity contribution in [1.29, 1.82) is 0 Å². The van der Waals surface area contributed by atoms with Crippen LogP contribution in [0.5, 0.6) is 0 Å². The van der Waals surface area contributed by atoms with E-state index in [1.165, 1.54) is 0 Å². The minimum absolute atomic E-state index is 0.0134. The molecule has 1 fully saturated rings. The normalized spacial score (nSPS) is 20.8. The zero-order valence-electron chi connectivity index (χ0n) is 11.1. The lowest BCUT2D eigenvalue weighted by Gasteiger charge is -2.27. The zero-order valence-corrected chi connectivity index (χ0v) is 11.1. The standard InChI is InChI=1S/C13H21F2NO3/c1-2-9(7-11(17)18)8-16-12(19)10-3-5-13(14,15)6-4-10/h9-10H,2-8H2,1H3,(H,16,19)(H,17,18). The number of hydrogen-bond donors (Lipinski definition) is 2. The van der Waals surface area contributed by atoms with Crippen LogP contribution in [0.15, 0.2) is 0 Å². The van der Waals surface area contributed by atoms with Crippen LogP contribution in [0.25, 0.3) is 0 Å². The van der Waals surface area contributed by atoms with Gasteiger partial charge < -0.3 is 10.4 Å². The highest BCUT2D eigenvalue weighted by Gasteiger charge is 2.37. The number of carboxylic acid groups (broad SMARTS) is 1.